The van der Waals surface area contributed by atoms with Crippen LogP contribution in [0.3, 0.4) is 0 Å². The zero-order valence-corrected chi connectivity index (χ0v) is 10.5. The average molecular weight is 253 g/mol. The molecule has 0 aliphatic carbocycles. The molecule has 4 nitrogen and oxygen atoms in total. The van der Waals surface area contributed by atoms with Gasteiger partial charge in [-0.1, -0.05) is 13.8 Å². The highest BCUT2D eigenvalue weighted by molar-refractivity contribution is 5.75. The molecule has 0 saturated carbocycles. The molecule has 0 aliphatic rings. The SMILES string of the molecule is CCOC(=O)C(CCOCC(F)F)NC(C)C. The Morgan fingerprint density at radius 2 is 2.00 bits per heavy atom. The van der Waals surface area contributed by atoms with Crippen molar-refractivity contribution in [2.24, 2.45) is 0 Å². The van der Waals surface area contributed by atoms with Crippen LogP contribution in [0.1, 0.15) is 27.2 Å². The van der Waals surface area contributed by atoms with Crippen LogP contribution in [0.4, 0.5) is 8.78 Å². The van der Waals surface area contributed by atoms with Crippen molar-refractivity contribution in [3.05, 3.63) is 0 Å². The Balaban J connectivity index is 3.97. The lowest BCUT2D eigenvalue weighted by Gasteiger charge is -2.19. The summed E-state index contributed by atoms with van der Waals surface area (Å²) in [6.45, 7) is 5.31. The van der Waals surface area contributed by atoms with E-state index in [-0.39, 0.29) is 18.6 Å². The number of ether oxygens (including phenoxy) is 2. The first-order chi connectivity index (χ1) is 7.97. The Hall–Kier alpha value is -0.750. The van der Waals surface area contributed by atoms with Crippen LogP contribution in [0.25, 0.3) is 0 Å². The van der Waals surface area contributed by atoms with E-state index in [1.807, 2.05) is 13.8 Å². The third-order valence-electron chi connectivity index (χ3n) is 1.90. The van der Waals surface area contributed by atoms with Crippen LogP contribution in [0.15, 0.2) is 0 Å². The van der Waals surface area contributed by atoms with Gasteiger partial charge in [-0.15, -0.1) is 0 Å². The second-order valence-electron chi connectivity index (χ2n) is 3.88. The first kappa shape index (κ1) is 16.2. The number of esters is 1. The molecule has 6 heteroatoms. The van der Waals surface area contributed by atoms with Gasteiger partial charge >= 0.3 is 5.97 Å². The highest BCUT2D eigenvalue weighted by Gasteiger charge is 2.20. The van der Waals surface area contributed by atoms with Crippen LogP contribution >= 0.6 is 0 Å². The van der Waals surface area contributed by atoms with Gasteiger partial charge < -0.3 is 14.8 Å². The van der Waals surface area contributed by atoms with Gasteiger partial charge in [-0.05, 0) is 13.3 Å². The Kier molecular flexibility index (Phi) is 8.89. The van der Waals surface area contributed by atoms with Crippen LogP contribution in [0, 0.1) is 0 Å². The Morgan fingerprint density at radius 3 is 2.47 bits per heavy atom. The lowest BCUT2D eigenvalue weighted by molar-refractivity contribution is -0.146. The number of hydrogen-bond acceptors (Lipinski definition) is 4. The van der Waals surface area contributed by atoms with Crippen molar-refractivity contribution in [3.8, 4) is 0 Å². The molecule has 0 bridgehead atoms. The number of carbonyl (C=O) groups excluding carboxylic acids is 1. The summed E-state index contributed by atoms with van der Waals surface area (Å²) >= 11 is 0. The molecule has 0 rings (SSSR count). The minimum atomic E-state index is -2.48. The minimum Gasteiger partial charge on any atom is -0.465 e. The van der Waals surface area contributed by atoms with Crippen molar-refractivity contribution in [1.82, 2.24) is 5.32 Å². The molecule has 0 radical (unpaired) electrons. The topological polar surface area (TPSA) is 47.6 Å². The van der Waals surface area contributed by atoms with E-state index in [1.54, 1.807) is 6.92 Å². The zero-order chi connectivity index (χ0) is 13.3. The molecule has 1 unspecified atom stereocenters. The average Bonchev–Trinajstić information content (AvgIpc) is 2.22. The molecule has 0 saturated heterocycles. The number of halogens is 2. The van der Waals surface area contributed by atoms with E-state index in [0.717, 1.165) is 0 Å². The lowest BCUT2D eigenvalue weighted by Crippen LogP contribution is -2.42. The van der Waals surface area contributed by atoms with Gasteiger partial charge in [-0.2, -0.15) is 0 Å². The third kappa shape index (κ3) is 9.00. The molecule has 1 atom stereocenters. The summed E-state index contributed by atoms with van der Waals surface area (Å²) in [5, 5.41) is 3.01. The van der Waals surface area contributed by atoms with Gasteiger partial charge in [0.25, 0.3) is 6.43 Å². The van der Waals surface area contributed by atoms with E-state index in [1.165, 1.54) is 0 Å². The minimum absolute atomic E-state index is 0.105. The first-order valence-corrected chi connectivity index (χ1v) is 5.76. The van der Waals surface area contributed by atoms with E-state index in [9.17, 15) is 13.6 Å². The van der Waals surface area contributed by atoms with Crippen molar-refractivity contribution in [1.29, 1.82) is 0 Å². The summed E-state index contributed by atoms with van der Waals surface area (Å²) in [5.74, 6) is -0.373. The second-order valence-corrected chi connectivity index (χ2v) is 3.88. The van der Waals surface area contributed by atoms with Gasteiger partial charge in [-0.3, -0.25) is 4.79 Å². The van der Waals surface area contributed by atoms with Crippen molar-refractivity contribution in [3.63, 3.8) is 0 Å². The van der Waals surface area contributed by atoms with Gasteiger partial charge in [0.1, 0.15) is 12.6 Å². The summed E-state index contributed by atoms with van der Waals surface area (Å²) in [6.07, 6.45) is -2.15. The molecule has 0 spiro atoms. The highest BCUT2D eigenvalue weighted by Crippen LogP contribution is 2.00. The molecule has 0 aromatic rings. The fraction of sp³-hybridized carbons (Fsp3) is 0.909. The normalized spacial score (nSPS) is 13.1. The van der Waals surface area contributed by atoms with E-state index < -0.39 is 19.1 Å². The number of rotatable bonds is 9. The molecule has 1 N–H and O–H groups in total. The Morgan fingerprint density at radius 1 is 1.35 bits per heavy atom. The highest BCUT2D eigenvalue weighted by atomic mass is 19.3. The van der Waals surface area contributed by atoms with E-state index >= 15 is 0 Å². The maximum atomic E-state index is 11.8. The van der Waals surface area contributed by atoms with E-state index in [2.05, 4.69) is 5.32 Å². The van der Waals surface area contributed by atoms with Crippen LogP contribution in [-0.4, -0.2) is 44.3 Å². The van der Waals surface area contributed by atoms with Crippen molar-refractivity contribution < 1.29 is 23.0 Å². The van der Waals surface area contributed by atoms with Gasteiger partial charge in [0.05, 0.1) is 6.61 Å². The lowest BCUT2D eigenvalue weighted by atomic mass is 10.2. The van der Waals surface area contributed by atoms with Gasteiger partial charge in [-0.25, -0.2) is 8.78 Å². The summed E-state index contributed by atoms with van der Waals surface area (Å²) in [7, 11) is 0. The van der Waals surface area contributed by atoms with Crippen molar-refractivity contribution in [2.75, 3.05) is 19.8 Å². The van der Waals surface area contributed by atoms with Gasteiger partial charge in [0.15, 0.2) is 0 Å². The van der Waals surface area contributed by atoms with Crippen LogP contribution in [0.5, 0.6) is 0 Å². The monoisotopic (exact) mass is 253 g/mol. The molecular weight excluding hydrogens is 232 g/mol. The van der Waals surface area contributed by atoms with Crippen LogP contribution in [0.2, 0.25) is 0 Å². The zero-order valence-electron chi connectivity index (χ0n) is 10.5. The summed E-state index contributed by atoms with van der Waals surface area (Å²) < 4.78 is 33.2. The van der Waals surface area contributed by atoms with Crippen LogP contribution < -0.4 is 5.32 Å². The predicted octanol–water partition coefficient (Wildman–Crippen LogP) is 1.59. The fourth-order valence-electron chi connectivity index (χ4n) is 1.29. The Labute approximate surface area is 101 Å². The van der Waals surface area contributed by atoms with Crippen molar-refractivity contribution in [2.45, 2.75) is 45.7 Å². The molecule has 0 amide bonds. The maximum Gasteiger partial charge on any atom is 0.323 e. The molecule has 0 heterocycles. The van der Waals surface area contributed by atoms with Crippen LogP contribution in [-0.2, 0) is 14.3 Å². The van der Waals surface area contributed by atoms with Gasteiger partial charge in [0, 0.05) is 12.6 Å². The number of hydrogen-bond donors (Lipinski definition) is 1. The molecule has 17 heavy (non-hydrogen) atoms. The summed E-state index contributed by atoms with van der Waals surface area (Å²) in [4.78, 5) is 11.5. The second kappa shape index (κ2) is 9.30. The smallest absolute Gasteiger partial charge is 0.323 e. The molecule has 0 aromatic carbocycles. The quantitative estimate of drug-likeness (QED) is 0.501. The molecule has 0 fully saturated rings. The number of nitrogens with one attached hydrogen (secondary N) is 1. The van der Waals surface area contributed by atoms with E-state index in [4.69, 9.17) is 9.47 Å². The summed E-state index contributed by atoms with van der Waals surface area (Å²) in [5.41, 5.74) is 0. The van der Waals surface area contributed by atoms with E-state index in [0.29, 0.717) is 13.0 Å². The number of alkyl halides is 2. The maximum absolute atomic E-state index is 11.8. The molecule has 102 valence electrons. The molecular formula is C11H21F2NO3. The fourth-order valence-corrected chi connectivity index (χ4v) is 1.29. The van der Waals surface area contributed by atoms with Gasteiger partial charge in [0.2, 0.25) is 0 Å². The predicted molar refractivity (Wildman–Crippen MR) is 60.1 cm³/mol. The third-order valence-corrected chi connectivity index (χ3v) is 1.90. The first-order valence-electron chi connectivity index (χ1n) is 5.76. The number of carbonyl (C=O) groups is 1. The Bertz CT molecular complexity index is 213. The molecule has 0 aromatic heterocycles. The molecule has 0 aliphatic heterocycles. The summed E-state index contributed by atoms with van der Waals surface area (Å²) in [6, 6.07) is -0.396. The van der Waals surface area contributed by atoms with Crippen molar-refractivity contribution >= 4 is 5.97 Å². The standard InChI is InChI=1S/C11H21F2NO3/c1-4-17-11(15)9(14-8(2)3)5-6-16-7-10(12)13/h8-10,14H,4-7H2,1-3H3. The largest absolute Gasteiger partial charge is 0.465 e.